The van der Waals surface area contributed by atoms with Gasteiger partial charge in [-0.1, -0.05) is 188 Å². The monoisotopic (exact) mass is 547 g/mol. The van der Waals surface area contributed by atoms with Crippen LogP contribution in [0.4, 0.5) is 0 Å². The van der Waals surface area contributed by atoms with E-state index < -0.39 is 0 Å². The fraction of sp³-hybridized carbons (Fsp3) is 0.946. The van der Waals surface area contributed by atoms with Crippen molar-refractivity contribution in [3.63, 3.8) is 0 Å². The summed E-state index contributed by atoms with van der Waals surface area (Å²) in [6.45, 7) is 9.48. The van der Waals surface area contributed by atoms with Gasteiger partial charge in [-0.05, 0) is 19.3 Å². The summed E-state index contributed by atoms with van der Waals surface area (Å²) < 4.78 is 0. The van der Waals surface area contributed by atoms with E-state index in [4.69, 9.17) is 0 Å². The minimum atomic E-state index is 0.634. The smallest absolute Gasteiger partial charge is 0.101 e. The van der Waals surface area contributed by atoms with Crippen LogP contribution in [0, 0.1) is 0 Å². The van der Waals surface area contributed by atoms with E-state index in [0.29, 0.717) is 6.17 Å². The van der Waals surface area contributed by atoms with E-state index in [9.17, 15) is 0 Å². The molecule has 0 aromatic heterocycles. The van der Waals surface area contributed by atoms with Gasteiger partial charge in [0.2, 0.25) is 0 Å². The molecule has 2 nitrogen and oxygen atoms in total. The number of hydrogen-bond acceptors (Lipinski definition) is 2. The van der Waals surface area contributed by atoms with Gasteiger partial charge in [-0.2, -0.15) is 0 Å². The van der Waals surface area contributed by atoms with E-state index in [0.717, 1.165) is 0 Å². The molecule has 1 rings (SSSR count). The Morgan fingerprint density at radius 2 is 0.590 bits per heavy atom. The summed E-state index contributed by atoms with van der Waals surface area (Å²) in [6.07, 6.45) is 47.0. The van der Waals surface area contributed by atoms with Gasteiger partial charge in [-0.15, -0.1) is 0 Å². The van der Waals surface area contributed by atoms with Gasteiger partial charge in [-0.25, -0.2) is 0 Å². The zero-order valence-corrected chi connectivity index (χ0v) is 27.5. The van der Waals surface area contributed by atoms with Gasteiger partial charge in [0.25, 0.3) is 0 Å². The first-order valence-corrected chi connectivity index (χ1v) is 18.5. The van der Waals surface area contributed by atoms with E-state index >= 15 is 0 Å². The topological polar surface area (TPSA) is 6.48 Å². The molecular formula is C37H74N2. The molecule has 1 aliphatic heterocycles. The highest BCUT2D eigenvalue weighted by Crippen LogP contribution is 2.22. The lowest BCUT2D eigenvalue weighted by Crippen LogP contribution is -2.39. The van der Waals surface area contributed by atoms with E-state index in [1.165, 1.54) is 199 Å². The second kappa shape index (κ2) is 28.9. The van der Waals surface area contributed by atoms with Gasteiger partial charge in [-0.3, -0.25) is 0 Å². The third-order valence-corrected chi connectivity index (χ3v) is 9.05. The van der Waals surface area contributed by atoms with Gasteiger partial charge in [0.15, 0.2) is 0 Å². The summed E-state index contributed by atoms with van der Waals surface area (Å²) in [7, 11) is 0. The number of rotatable bonds is 31. The fourth-order valence-corrected chi connectivity index (χ4v) is 6.40. The van der Waals surface area contributed by atoms with Gasteiger partial charge in [0, 0.05) is 25.5 Å². The summed E-state index contributed by atoms with van der Waals surface area (Å²) in [6, 6.07) is 0. The minimum Gasteiger partial charge on any atom is -0.356 e. The third kappa shape index (κ3) is 21.7. The van der Waals surface area contributed by atoms with Crippen LogP contribution in [0.25, 0.3) is 0 Å². The molecule has 0 bridgehead atoms. The number of hydrogen-bond donors (Lipinski definition) is 0. The standard InChI is InChI=1S/C37H74N2/c1-4-7-9-11-13-15-17-18-19-20-21-22-23-25-27-29-31-34-39-36-35-38(37(39)32-6-3)33-30-28-26-24-16-14-12-10-8-5-2/h35-37H,4-34H2,1-3H3. The van der Waals surface area contributed by atoms with Crippen LogP contribution < -0.4 is 0 Å². The molecule has 0 saturated heterocycles. The van der Waals surface area contributed by atoms with Crippen LogP contribution >= 0.6 is 0 Å². The number of unbranched alkanes of at least 4 members (excludes halogenated alkanes) is 25. The molecule has 1 heterocycles. The van der Waals surface area contributed by atoms with Crippen molar-refractivity contribution in [2.75, 3.05) is 13.1 Å². The second-order valence-corrected chi connectivity index (χ2v) is 12.9. The molecule has 1 aliphatic rings. The first-order valence-electron chi connectivity index (χ1n) is 18.5. The molecule has 0 aromatic rings. The normalized spacial score (nSPS) is 15.2. The average molecular weight is 547 g/mol. The predicted molar refractivity (Wildman–Crippen MR) is 177 cm³/mol. The van der Waals surface area contributed by atoms with Crippen LogP contribution in [0.2, 0.25) is 0 Å². The maximum absolute atomic E-state index is 2.66. The Morgan fingerprint density at radius 1 is 0.333 bits per heavy atom. The molecular weight excluding hydrogens is 472 g/mol. The molecule has 0 amide bonds. The first kappa shape index (κ1) is 36.4. The van der Waals surface area contributed by atoms with Crippen molar-refractivity contribution in [1.29, 1.82) is 0 Å². The van der Waals surface area contributed by atoms with E-state index in [1.54, 1.807) is 0 Å². The molecule has 0 aromatic carbocycles. The summed E-state index contributed by atoms with van der Waals surface area (Å²) >= 11 is 0. The summed E-state index contributed by atoms with van der Waals surface area (Å²) in [5, 5.41) is 0. The highest BCUT2D eigenvalue weighted by Gasteiger charge is 2.24. The van der Waals surface area contributed by atoms with Crippen LogP contribution in [0.1, 0.15) is 207 Å². The van der Waals surface area contributed by atoms with Crippen molar-refractivity contribution in [2.24, 2.45) is 0 Å². The Bertz CT molecular complexity index is 502. The lowest BCUT2D eigenvalue weighted by molar-refractivity contribution is 0.138. The van der Waals surface area contributed by atoms with Crippen molar-refractivity contribution < 1.29 is 0 Å². The number of nitrogens with zero attached hydrogens (tertiary/aromatic N) is 2. The Hall–Kier alpha value is -0.660. The summed E-state index contributed by atoms with van der Waals surface area (Å²) in [5.41, 5.74) is 0. The molecule has 0 aliphatic carbocycles. The zero-order valence-electron chi connectivity index (χ0n) is 27.5. The van der Waals surface area contributed by atoms with Crippen molar-refractivity contribution in [2.45, 2.75) is 213 Å². The second-order valence-electron chi connectivity index (χ2n) is 12.9. The predicted octanol–water partition coefficient (Wildman–Crippen LogP) is 12.8. The molecule has 2 heteroatoms. The fourth-order valence-electron chi connectivity index (χ4n) is 6.40. The van der Waals surface area contributed by atoms with Gasteiger partial charge in [0.1, 0.15) is 6.17 Å². The third-order valence-electron chi connectivity index (χ3n) is 9.05. The molecule has 0 saturated carbocycles. The molecule has 0 spiro atoms. The SMILES string of the molecule is CCCCCCCCCCCCCCCCCCCN1C=CN(CCCCCCCCCCCC)C1CCC. The maximum atomic E-state index is 2.66. The Balaban J connectivity index is 1.93. The quantitative estimate of drug-likeness (QED) is 0.0798. The van der Waals surface area contributed by atoms with E-state index in [-0.39, 0.29) is 0 Å². The van der Waals surface area contributed by atoms with Crippen molar-refractivity contribution >= 4 is 0 Å². The van der Waals surface area contributed by atoms with E-state index in [2.05, 4.69) is 43.0 Å². The average Bonchev–Trinajstić information content (AvgIpc) is 3.32. The summed E-state index contributed by atoms with van der Waals surface area (Å²) in [4.78, 5) is 5.31. The lowest BCUT2D eigenvalue weighted by Gasteiger charge is -2.33. The van der Waals surface area contributed by atoms with Gasteiger partial charge >= 0.3 is 0 Å². The van der Waals surface area contributed by atoms with Crippen LogP contribution in [-0.2, 0) is 0 Å². The molecule has 39 heavy (non-hydrogen) atoms. The molecule has 1 atom stereocenters. The molecule has 0 N–H and O–H groups in total. The zero-order chi connectivity index (χ0) is 28.1. The van der Waals surface area contributed by atoms with Crippen LogP contribution in [0.5, 0.6) is 0 Å². The van der Waals surface area contributed by atoms with Gasteiger partial charge in [0.05, 0.1) is 0 Å². The van der Waals surface area contributed by atoms with Crippen molar-refractivity contribution in [3.05, 3.63) is 12.4 Å². The van der Waals surface area contributed by atoms with E-state index in [1.807, 2.05) is 0 Å². The maximum Gasteiger partial charge on any atom is 0.101 e. The van der Waals surface area contributed by atoms with Crippen molar-refractivity contribution in [1.82, 2.24) is 9.80 Å². The lowest BCUT2D eigenvalue weighted by atomic mass is 10.0. The molecule has 1 unspecified atom stereocenters. The summed E-state index contributed by atoms with van der Waals surface area (Å²) in [5.74, 6) is 0. The van der Waals surface area contributed by atoms with Crippen LogP contribution in [0.3, 0.4) is 0 Å². The highest BCUT2D eigenvalue weighted by atomic mass is 15.4. The van der Waals surface area contributed by atoms with Crippen LogP contribution in [0.15, 0.2) is 12.4 Å². The Labute approximate surface area is 248 Å². The first-order chi connectivity index (χ1) is 19.3. The molecule has 0 radical (unpaired) electrons. The van der Waals surface area contributed by atoms with Gasteiger partial charge < -0.3 is 9.80 Å². The molecule has 232 valence electrons. The Kier molecular flexibility index (Phi) is 26.9. The minimum absolute atomic E-state index is 0.634. The van der Waals surface area contributed by atoms with Crippen LogP contribution in [-0.4, -0.2) is 29.1 Å². The molecule has 0 fully saturated rings. The van der Waals surface area contributed by atoms with Crippen molar-refractivity contribution in [3.8, 4) is 0 Å². The highest BCUT2D eigenvalue weighted by molar-refractivity contribution is 4.96. The Morgan fingerprint density at radius 3 is 0.846 bits per heavy atom. The largest absolute Gasteiger partial charge is 0.356 e.